The second kappa shape index (κ2) is 7.00. The zero-order valence-electron chi connectivity index (χ0n) is 11.1. The zero-order chi connectivity index (χ0) is 13.5. The molecule has 6 heteroatoms. The van der Waals surface area contributed by atoms with Crippen molar-refractivity contribution in [2.75, 3.05) is 5.43 Å². The van der Waals surface area contributed by atoms with Gasteiger partial charge in [0.05, 0.1) is 0 Å². The average molecular weight is 254 g/mol. The Hall–Kier alpha value is -1.56. The van der Waals surface area contributed by atoms with Crippen molar-refractivity contribution in [1.82, 2.24) is 9.13 Å². The monoisotopic (exact) mass is 254 g/mol. The number of nitrogens with two attached hydrogens (primary N) is 1. The van der Waals surface area contributed by atoms with E-state index < -0.39 is 0 Å². The van der Waals surface area contributed by atoms with Crippen LogP contribution in [0.2, 0.25) is 0 Å². The molecule has 102 valence electrons. The van der Waals surface area contributed by atoms with Crippen molar-refractivity contribution in [3.8, 4) is 0 Å². The molecule has 0 fully saturated rings. The van der Waals surface area contributed by atoms with Crippen LogP contribution in [0.4, 0.5) is 5.82 Å². The number of nitrogens with zero attached hydrogens (tertiary/aromatic N) is 2. The number of nitrogens with one attached hydrogen (secondary N) is 1. The van der Waals surface area contributed by atoms with E-state index in [9.17, 15) is 9.59 Å². The molecule has 0 saturated carbocycles. The van der Waals surface area contributed by atoms with E-state index in [2.05, 4.69) is 5.43 Å². The highest BCUT2D eigenvalue weighted by atomic mass is 16.2. The molecule has 1 heterocycles. The molecule has 18 heavy (non-hydrogen) atoms. The van der Waals surface area contributed by atoms with E-state index in [1.165, 1.54) is 15.2 Å². The van der Waals surface area contributed by atoms with Gasteiger partial charge >= 0.3 is 5.69 Å². The van der Waals surface area contributed by atoms with Gasteiger partial charge in [0.15, 0.2) is 0 Å². The fourth-order valence-corrected chi connectivity index (χ4v) is 1.79. The summed E-state index contributed by atoms with van der Waals surface area (Å²) in [7, 11) is 0. The van der Waals surface area contributed by atoms with E-state index in [-0.39, 0.29) is 11.2 Å². The first-order valence-corrected chi connectivity index (χ1v) is 6.47. The van der Waals surface area contributed by atoms with Gasteiger partial charge in [0.2, 0.25) is 0 Å². The summed E-state index contributed by atoms with van der Waals surface area (Å²) in [6, 6.07) is 1.38. The van der Waals surface area contributed by atoms with E-state index in [0.717, 1.165) is 25.7 Å². The van der Waals surface area contributed by atoms with Crippen LogP contribution in [0.15, 0.2) is 15.7 Å². The maximum absolute atomic E-state index is 12.2. The van der Waals surface area contributed by atoms with Gasteiger partial charge in [-0.15, -0.1) is 0 Å². The van der Waals surface area contributed by atoms with Crippen molar-refractivity contribution in [3.63, 3.8) is 0 Å². The molecular formula is C12H22N4O2. The summed E-state index contributed by atoms with van der Waals surface area (Å²) in [6.07, 6.45) is 3.61. The quantitative estimate of drug-likeness (QED) is 0.559. The highest BCUT2D eigenvalue weighted by molar-refractivity contribution is 5.32. The first-order valence-electron chi connectivity index (χ1n) is 6.47. The standard InChI is InChI=1S/C12H22N4O2/c1-3-5-7-15-10(14-13)9-11(17)16(12(15)18)8-6-4-2/h9,14H,3-8,13H2,1-2H3. The molecule has 6 nitrogen and oxygen atoms in total. The summed E-state index contributed by atoms with van der Waals surface area (Å²) in [5.41, 5.74) is 1.84. The number of unbranched alkanes of at least 4 members (excludes halogenated alkanes) is 2. The number of aromatic nitrogens is 2. The van der Waals surface area contributed by atoms with Gasteiger partial charge in [-0.3, -0.25) is 13.9 Å². The van der Waals surface area contributed by atoms with Gasteiger partial charge in [-0.1, -0.05) is 26.7 Å². The third kappa shape index (κ3) is 3.22. The number of nitrogen functional groups attached to an aromatic ring is 1. The third-order valence-corrected chi connectivity index (χ3v) is 2.90. The van der Waals surface area contributed by atoms with E-state index >= 15 is 0 Å². The van der Waals surface area contributed by atoms with Crippen LogP contribution in [-0.4, -0.2) is 9.13 Å². The van der Waals surface area contributed by atoms with Gasteiger partial charge in [-0.25, -0.2) is 10.6 Å². The van der Waals surface area contributed by atoms with Crippen molar-refractivity contribution in [2.24, 2.45) is 5.84 Å². The summed E-state index contributed by atoms with van der Waals surface area (Å²) in [6.45, 7) is 5.11. The molecule has 3 N–H and O–H groups in total. The number of hydrogen-bond donors (Lipinski definition) is 2. The average Bonchev–Trinajstić information content (AvgIpc) is 2.37. The molecule has 1 aromatic rings. The molecule has 1 rings (SSSR count). The minimum atomic E-state index is -0.297. The predicted molar refractivity (Wildman–Crippen MR) is 72.6 cm³/mol. The van der Waals surface area contributed by atoms with Gasteiger partial charge in [-0.05, 0) is 12.8 Å². The molecule has 0 bridgehead atoms. The lowest BCUT2D eigenvalue weighted by Gasteiger charge is -2.14. The second-order valence-corrected chi connectivity index (χ2v) is 4.31. The summed E-state index contributed by atoms with van der Waals surface area (Å²) in [4.78, 5) is 24.0. The van der Waals surface area contributed by atoms with Gasteiger partial charge in [0.1, 0.15) is 5.82 Å². The molecule has 0 aliphatic carbocycles. The molecule has 1 aromatic heterocycles. The number of anilines is 1. The highest BCUT2D eigenvalue weighted by Gasteiger charge is 2.09. The molecule has 0 spiro atoms. The molecular weight excluding hydrogens is 232 g/mol. The number of rotatable bonds is 7. The minimum absolute atomic E-state index is 0.280. The first kappa shape index (κ1) is 14.5. The number of hydrazine groups is 1. The summed E-state index contributed by atoms with van der Waals surface area (Å²) < 4.78 is 2.81. The van der Waals surface area contributed by atoms with Gasteiger partial charge in [0.25, 0.3) is 5.56 Å². The normalized spacial score (nSPS) is 10.6. The molecule has 0 aliphatic heterocycles. The Kier molecular flexibility index (Phi) is 5.64. The predicted octanol–water partition coefficient (Wildman–Crippen LogP) is 0.896. The smallest absolute Gasteiger partial charge is 0.310 e. The lowest BCUT2D eigenvalue weighted by molar-refractivity contribution is 0.521. The first-order chi connectivity index (χ1) is 8.65. The van der Waals surface area contributed by atoms with Gasteiger partial charge in [-0.2, -0.15) is 0 Å². The van der Waals surface area contributed by atoms with Crippen LogP contribution in [0.25, 0.3) is 0 Å². The van der Waals surface area contributed by atoms with Crippen LogP contribution in [0.3, 0.4) is 0 Å². The van der Waals surface area contributed by atoms with E-state index in [4.69, 9.17) is 5.84 Å². The molecule has 0 saturated heterocycles. The topological polar surface area (TPSA) is 82.1 Å². The van der Waals surface area contributed by atoms with Crippen LogP contribution < -0.4 is 22.5 Å². The van der Waals surface area contributed by atoms with Gasteiger partial charge < -0.3 is 5.43 Å². The van der Waals surface area contributed by atoms with Crippen LogP contribution in [0, 0.1) is 0 Å². The van der Waals surface area contributed by atoms with E-state index in [1.54, 1.807) is 0 Å². The zero-order valence-corrected chi connectivity index (χ0v) is 11.1. The van der Waals surface area contributed by atoms with Crippen molar-refractivity contribution < 1.29 is 0 Å². The Balaban J connectivity index is 3.21. The minimum Gasteiger partial charge on any atom is -0.310 e. The summed E-state index contributed by atoms with van der Waals surface area (Å²) in [5, 5.41) is 0. The van der Waals surface area contributed by atoms with E-state index in [1.807, 2.05) is 13.8 Å². The van der Waals surface area contributed by atoms with Crippen molar-refractivity contribution in [1.29, 1.82) is 0 Å². The van der Waals surface area contributed by atoms with Crippen molar-refractivity contribution in [2.45, 2.75) is 52.6 Å². The molecule has 0 radical (unpaired) electrons. The van der Waals surface area contributed by atoms with Gasteiger partial charge in [0, 0.05) is 19.2 Å². The van der Waals surface area contributed by atoms with Crippen molar-refractivity contribution in [3.05, 3.63) is 26.9 Å². The SMILES string of the molecule is CCCCn1c(NN)cc(=O)n(CCCC)c1=O. The Morgan fingerprint density at radius 1 is 1.11 bits per heavy atom. The van der Waals surface area contributed by atoms with Crippen LogP contribution in [-0.2, 0) is 13.1 Å². The maximum atomic E-state index is 12.2. The largest absolute Gasteiger partial charge is 0.332 e. The second-order valence-electron chi connectivity index (χ2n) is 4.31. The molecule has 0 aromatic carbocycles. The Bertz CT molecular complexity index is 490. The Morgan fingerprint density at radius 2 is 1.67 bits per heavy atom. The maximum Gasteiger partial charge on any atom is 0.332 e. The molecule has 0 unspecified atom stereocenters. The Labute approximate surface area is 106 Å². The molecule has 0 amide bonds. The van der Waals surface area contributed by atoms with Crippen LogP contribution >= 0.6 is 0 Å². The molecule has 0 aliphatic rings. The van der Waals surface area contributed by atoms with Crippen LogP contribution in [0.5, 0.6) is 0 Å². The third-order valence-electron chi connectivity index (χ3n) is 2.90. The van der Waals surface area contributed by atoms with Crippen molar-refractivity contribution >= 4 is 5.82 Å². The summed E-state index contributed by atoms with van der Waals surface area (Å²) in [5.74, 6) is 5.73. The van der Waals surface area contributed by atoms with Crippen LogP contribution in [0.1, 0.15) is 39.5 Å². The molecule has 0 atom stereocenters. The fourth-order valence-electron chi connectivity index (χ4n) is 1.79. The highest BCUT2D eigenvalue weighted by Crippen LogP contribution is 2.02. The lowest BCUT2D eigenvalue weighted by atomic mass is 10.3. The van der Waals surface area contributed by atoms with E-state index in [0.29, 0.717) is 18.9 Å². The number of hydrogen-bond acceptors (Lipinski definition) is 4. The lowest BCUT2D eigenvalue weighted by Crippen LogP contribution is -2.41. The fraction of sp³-hybridized carbons (Fsp3) is 0.667. The summed E-state index contributed by atoms with van der Waals surface area (Å²) >= 11 is 0. The Morgan fingerprint density at radius 3 is 2.17 bits per heavy atom.